The molecule has 134 valence electrons. The van der Waals surface area contributed by atoms with E-state index in [1.54, 1.807) is 4.90 Å². The van der Waals surface area contributed by atoms with Gasteiger partial charge in [0, 0.05) is 17.8 Å². The molecule has 26 heavy (non-hydrogen) atoms. The molecule has 4 rings (SSSR count). The second kappa shape index (κ2) is 6.12. The lowest BCUT2D eigenvalue weighted by Gasteiger charge is -2.24. The predicted molar refractivity (Wildman–Crippen MR) is 99.6 cm³/mol. The molecule has 3 aromatic rings. The van der Waals surface area contributed by atoms with Gasteiger partial charge >= 0.3 is 0 Å². The molecule has 0 radical (unpaired) electrons. The Morgan fingerprint density at radius 3 is 2.85 bits per heavy atom. The fourth-order valence-corrected chi connectivity index (χ4v) is 3.71. The van der Waals surface area contributed by atoms with Gasteiger partial charge in [0.15, 0.2) is 0 Å². The molecular weight excluding hydrogens is 330 g/mol. The van der Waals surface area contributed by atoms with Crippen LogP contribution in [0.3, 0.4) is 0 Å². The van der Waals surface area contributed by atoms with Gasteiger partial charge in [-0.15, -0.1) is 0 Å². The number of benzene rings is 1. The molecule has 3 heterocycles. The molecular formula is C20H21N3O3. The first-order chi connectivity index (χ1) is 12.5. The molecule has 1 aliphatic heterocycles. The molecule has 6 nitrogen and oxygen atoms in total. The zero-order valence-electron chi connectivity index (χ0n) is 15.2. The molecule has 0 saturated carbocycles. The van der Waals surface area contributed by atoms with Crippen LogP contribution in [-0.2, 0) is 11.2 Å². The van der Waals surface area contributed by atoms with E-state index in [1.165, 1.54) is 10.9 Å². The Morgan fingerprint density at radius 2 is 2.08 bits per heavy atom. The van der Waals surface area contributed by atoms with Crippen LogP contribution in [0, 0.1) is 13.8 Å². The van der Waals surface area contributed by atoms with Gasteiger partial charge in [0.25, 0.3) is 5.56 Å². The average molecular weight is 351 g/mol. The number of carbonyl (C=O) groups excluding carboxylic acids is 1. The van der Waals surface area contributed by atoms with Crippen molar-refractivity contribution < 1.29 is 9.21 Å². The fraction of sp³-hybridized carbons (Fsp3) is 0.350. The van der Waals surface area contributed by atoms with Gasteiger partial charge in [-0.3, -0.25) is 14.2 Å². The number of aryl methyl sites for hydroxylation is 2. The molecule has 0 bridgehead atoms. The molecule has 1 aliphatic rings. The summed E-state index contributed by atoms with van der Waals surface area (Å²) in [6, 6.07) is 7.33. The summed E-state index contributed by atoms with van der Waals surface area (Å²) in [5, 5.41) is 0.457. The van der Waals surface area contributed by atoms with Crippen molar-refractivity contribution in [3.05, 3.63) is 57.8 Å². The molecule has 0 saturated heterocycles. The Balaban J connectivity index is 1.78. The van der Waals surface area contributed by atoms with Gasteiger partial charge in [-0.05, 0) is 38.3 Å². The van der Waals surface area contributed by atoms with Crippen LogP contribution in [0.25, 0.3) is 11.1 Å². The minimum absolute atomic E-state index is 0.0708. The Bertz CT molecular complexity index is 1060. The molecule has 6 heteroatoms. The van der Waals surface area contributed by atoms with Crippen LogP contribution >= 0.6 is 0 Å². The Kier molecular flexibility index (Phi) is 3.90. The quantitative estimate of drug-likeness (QED) is 0.727. The van der Waals surface area contributed by atoms with Gasteiger partial charge in [0.05, 0.1) is 0 Å². The highest BCUT2D eigenvalue weighted by Crippen LogP contribution is 2.30. The Hall–Kier alpha value is -2.89. The molecule has 1 atom stereocenters. The second-order valence-electron chi connectivity index (χ2n) is 6.71. The van der Waals surface area contributed by atoms with Crippen molar-refractivity contribution in [2.75, 3.05) is 11.4 Å². The van der Waals surface area contributed by atoms with Crippen molar-refractivity contribution in [2.24, 2.45) is 0 Å². The first kappa shape index (κ1) is 16.6. The summed E-state index contributed by atoms with van der Waals surface area (Å²) < 4.78 is 6.99. The van der Waals surface area contributed by atoms with Crippen molar-refractivity contribution in [1.29, 1.82) is 0 Å². The molecule has 0 aliphatic carbocycles. The number of fused-ring (bicyclic) bond motifs is 2. The van der Waals surface area contributed by atoms with Crippen molar-refractivity contribution in [3.63, 3.8) is 0 Å². The lowest BCUT2D eigenvalue weighted by molar-refractivity contribution is -0.121. The normalized spacial score (nSPS) is 14.7. The minimum atomic E-state index is -0.583. The van der Waals surface area contributed by atoms with Crippen LogP contribution in [0.2, 0.25) is 0 Å². The van der Waals surface area contributed by atoms with Crippen molar-refractivity contribution in [1.82, 2.24) is 9.55 Å². The number of rotatable bonds is 3. The van der Waals surface area contributed by atoms with E-state index in [0.29, 0.717) is 29.8 Å². The van der Waals surface area contributed by atoms with Crippen LogP contribution in [0.1, 0.15) is 36.3 Å². The highest BCUT2D eigenvalue weighted by molar-refractivity contribution is 5.98. The van der Waals surface area contributed by atoms with Gasteiger partial charge in [-0.1, -0.05) is 25.1 Å². The van der Waals surface area contributed by atoms with Crippen LogP contribution in [0.5, 0.6) is 0 Å². The van der Waals surface area contributed by atoms with Crippen LogP contribution < -0.4 is 10.5 Å². The van der Waals surface area contributed by atoms with E-state index in [9.17, 15) is 9.59 Å². The molecule has 0 N–H and O–H groups in total. The van der Waals surface area contributed by atoms with Crippen LogP contribution in [0.4, 0.5) is 5.69 Å². The zero-order chi connectivity index (χ0) is 18.4. The lowest BCUT2D eigenvalue weighted by atomic mass is 10.1. The molecule has 1 amide bonds. The first-order valence-corrected chi connectivity index (χ1v) is 8.89. The number of amides is 1. The van der Waals surface area contributed by atoms with E-state index >= 15 is 0 Å². The van der Waals surface area contributed by atoms with Gasteiger partial charge in [0.1, 0.15) is 23.5 Å². The summed E-state index contributed by atoms with van der Waals surface area (Å²) in [6.45, 7) is 6.20. The standard InChI is InChI=1S/C20H21N3O3/c1-4-15(19(24)22-10-9-14-7-5-6-8-16(14)22)23-11-21-18-17(20(23)25)12(2)13(3)26-18/h5-8,11,15H,4,9-10H2,1-3H3/t15-/m0/s1. The largest absolute Gasteiger partial charge is 0.443 e. The highest BCUT2D eigenvalue weighted by atomic mass is 16.3. The maximum absolute atomic E-state index is 13.2. The highest BCUT2D eigenvalue weighted by Gasteiger charge is 2.31. The third-order valence-corrected chi connectivity index (χ3v) is 5.28. The smallest absolute Gasteiger partial charge is 0.265 e. The number of hydrogen-bond donors (Lipinski definition) is 0. The summed E-state index contributed by atoms with van der Waals surface area (Å²) in [7, 11) is 0. The number of hydrogen-bond acceptors (Lipinski definition) is 4. The molecule has 0 unspecified atom stereocenters. The summed E-state index contributed by atoms with van der Waals surface area (Å²) in [5.41, 5.74) is 2.99. The summed E-state index contributed by atoms with van der Waals surface area (Å²) in [4.78, 5) is 32.3. The molecule has 2 aromatic heterocycles. The average Bonchev–Trinajstić information content (AvgIpc) is 3.19. The third kappa shape index (κ3) is 2.36. The van der Waals surface area contributed by atoms with E-state index in [4.69, 9.17) is 4.42 Å². The van der Waals surface area contributed by atoms with E-state index in [-0.39, 0.29) is 11.5 Å². The molecule has 0 spiro atoms. The SMILES string of the molecule is CC[C@@H](C(=O)N1CCc2ccccc21)n1cnc2oc(C)c(C)c2c1=O. The summed E-state index contributed by atoms with van der Waals surface area (Å²) in [5.74, 6) is 0.605. The minimum Gasteiger partial charge on any atom is -0.443 e. The number of nitrogens with zero attached hydrogens (tertiary/aromatic N) is 3. The van der Waals surface area contributed by atoms with Gasteiger partial charge in [-0.25, -0.2) is 4.98 Å². The lowest BCUT2D eigenvalue weighted by Crippen LogP contribution is -2.39. The maximum atomic E-state index is 13.2. The number of furan rings is 1. The molecule has 0 fully saturated rings. The topological polar surface area (TPSA) is 68.3 Å². The van der Waals surface area contributed by atoms with Crippen LogP contribution in [-0.4, -0.2) is 22.0 Å². The zero-order valence-corrected chi connectivity index (χ0v) is 15.2. The Morgan fingerprint density at radius 1 is 1.31 bits per heavy atom. The van der Waals surface area contributed by atoms with Crippen molar-refractivity contribution >= 4 is 22.7 Å². The number of aromatic nitrogens is 2. The summed E-state index contributed by atoms with van der Waals surface area (Å²) in [6.07, 6.45) is 2.78. The number of carbonyl (C=O) groups is 1. The number of para-hydroxylation sites is 1. The van der Waals surface area contributed by atoms with Gasteiger partial charge < -0.3 is 9.32 Å². The van der Waals surface area contributed by atoms with Gasteiger partial charge in [0.2, 0.25) is 11.6 Å². The van der Waals surface area contributed by atoms with Crippen LogP contribution in [0.15, 0.2) is 39.8 Å². The molecule has 1 aromatic carbocycles. The summed E-state index contributed by atoms with van der Waals surface area (Å²) >= 11 is 0. The van der Waals surface area contributed by atoms with Gasteiger partial charge in [-0.2, -0.15) is 0 Å². The van der Waals surface area contributed by atoms with E-state index < -0.39 is 6.04 Å². The maximum Gasteiger partial charge on any atom is 0.265 e. The van der Waals surface area contributed by atoms with E-state index in [0.717, 1.165) is 23.2 Å². The first-order valence-electron chi connectivity index (χ1n) is 8.89. The Labute approximate surface area is 151 Å². The van der Waals surface area contributed by atoms with Crippen molar-refractivity contribution in [2.45, 2.75) is 39.7 Å². The monoisotopic (exact) mass is 351 g/mol. The van der Waals surface area contributed by atoms with E-state index in [1.807, 2.05) is 45.0 Å². The number of anilines is 1. The third-order valence-electron chi connectivity index (χ3n) is 5.28. The second-order valence-corrected chi connectivity index (χ2v) is 6.71. The van der Waals surface area contributed by atoms with Crippen molar-refractivity contribution in [3.8, 4) is 0 Å². The predicted octanol–water partition coefficient (Wildman–Crippen LogP) is 3.15. The fourth-order valence-electron chi connectivity index (χ4n) is 3.71. The van der Waals surface area contributed by atoms with E-state index in [2.05, 4.69) is 4.98 Å².